The molecule has 1 aliphatic rings. The van der Waals surface area contributed by atoms with Crippen LogP contribution in [0, 0.1) is 6.92 Å². The molecular weight excluding hydrogens is 234 g/mol. The Hall–Kier alpha value is -1.69. The summed E-state index contributed by atoms with van der Waals surface area (Å²) in [6.45, 7) is 1.63. The summed E-state index contributed by atoms with van der Waals surface area (Å²) in [4.78, 5) is 18.9. The molecule has 0 aromatic carbocycles. The molecule has 6 heteroatoms. The molecule has 0 saturated heterocycles. The van der Waals surface area contributed by atoms with E-state index in [2.05, 4.69) is 15.3 Å². The summed E-state index contributed by atoms with van der Waals surface area (Å²) in [6, 6.07) is -0.0474. The van der Waals surface area contributed by atoms with Gasteiger partial charge in [0.1, 0.15) is 0 Å². The molecule has 98 valence electrons. The smallest absolute Gasteiger partial charge is 0.339 e. The number of carboxylic acids is 1. The molecule has 0 amide bonds. The number of carboxylic acid groups (broad SMARTS) is 1. The number of aromatic nitrogens is 2. The van der Waals surface area contributed by atoms with Crippen LogP contribution in [0.3, 0.4) is 0 Å². The van der Waals surface area contributed by atoms with Crippen molar-refractivity contribution < 1.29 is 15.0 Å². The van der Waals surface area contributed by atoms with Crippen LogP contribution < -0.4 is 5.32 Å². The summed E-state index contributed by atoms with van der Waals surface area (Å²) in [7, 11) is 0. The molecular formula is C12H17N3O3. The van der Waals surface area contributed by atoms with Crippen LogP contribution in [-0.2, 0) is 0 Å². The van der Waals surface area contributed by atoms with E-state index in [1.54, 1.807) is 6.92 Å². The summed E-state index contributed by atoms with van der Waals surface area (Å²) in [5.41, 5.74) is 0.523. The third-order valence-electron chi connectivity index (χ3n) is 3.25. The van der Waals surface area contributed by atoms with Gasteiger partial charge in [-0.2, -0.15) is 0 Å². The molecule has 0 aliphatic heterocycles. The van der Waals surface area contributed by atoms with E-state index >= 15 is 0 Å². The predicted octanol–water partition coefficient (Wildman–Crippen LogP) is 1.20. The van der Waals surface area contributed by atoms with Crippen molar-refractivity contribution in [2.24, 2.45) is 0 Å². The fraction of sp³-hybridized carbons (Fsp3) is 0.583. The second kappa shape index (κ2) is 5.30. The van der Waals surface area contributed by atoms with Gasteiger partial charge in [0.05, 0.1) is 23.4 Å². The zero-order valence-corrected chi connectivity index (χ0v) is 10.3. The standard InChI is InChI=1S/C12H17N3O3/c1-7-8(11(17)18)6-13-12(14-7)15-9-4-2-3-5-10(9)16/h6,9-10,16H,2-5H2,1H3,(H,17,18)(H,13,14,15)/t9-,10-/m1/s1. The highest BCUT2D eigenvalue weighted by Gasteiger charge is 2.23. The number of aliphatic hydroxyl groups excluding tert-OH is 1. The molecule has 3 N–H and O–H groups in total. The zero-order valence-electron chi connectivity index (χ0n) is 10.3. The Labute approximate surface area is 105 Å². The second-order valence-electron chi connectivity index (χ2n) is 4.60. The van der Waals surface area contributed by atoms with Crippen LogP contribution in [0.15, 0.2) is 6.20 Å². The minimum absolute atomic E-state index is 0.0474. The molecule has 2 rings (SSSR count). The van der Waals surface area contributed by atoms with Gasteiger partial charge in [-0.3, -0.25) is 0 Å². The first kappa shape index (κ1) is 12.8. The number of aryl methyl sites for hydroxylation is 1. The van der Waals surface area contributed by atoms with Gasteiger partial charge in [0.15, 0.2) is 0 Å². The van der Waals surface area contributed by atoms with E-state index in [1.165, 1.54) is 6.20 Å². The summed E-state index contributed by atoms with van der Waals surface area (Å²) >= 11 is 0. The molecule has 6 nitrogen and oxygen atoms in total. The first-order valence-electron chi connectivity index (χ1n) is 6.09. The molecule has 1 fully saturated rings. The van der Waals surface area contributed by atoms with Crippen LogP contribution in [0.5, 0.6) is 0 Å². The van der Waals surface area contributed by atoms with Crippen LogP contribution in [0.25, 0.3) is 0 Å². The molecule has 0 unspecified atom stereocenters. The highest BCUT2D eigenvalue weighted by atomic mass is 16.4. The van der Waals surface area contributed by atoms with Crippen molar-refractivity contribution in [1.82, 2.24) is 9.97 Å². The van der Waals surface area contributed by atoms with E-state index in [0.29, 0.717) is 11.6 Å². The Morgan fingerprint density at radius 1 is 1.44 bits per heavy atom. The molecule has 2 atom stereocenters. The molecule has 1 saturated carbocycles. The predicted molar refractivity (Wildman–Crippen MR) is 65.6 cm³/mol. The minimum atomic E-state index is -1.03. The summed E-state index contributed by atoms with van der Waals surface area (Å²) in [5.74, 6) is -0.653. The zero-order chi connectivity index (χ0) is 13.1. The number of carbonyl (C=O) groups is 1. The lowest BCUT2D eigenvalue weighted by Crippen LogP contribution is -2.36. The number of hydrogen-bond donors (Lipinski definition) is 3. The van der Waals surface area contributed by atoms with Gasteiger partial charge in [-0.1, -0.05) is 12.8 Å². The van der Waals surface area contributed by atoms with E-state index in [4.69, 9.17) is 5.11 Å². The highest BCUT2D eigenvalue weighted by Crippen LogP contribution is 2.21. The fourth-order valence-electron chi connectivity index (χ4n) is 2.19. The molecule has 0 bridgehead atoms. The van der Waals surface area contributed by atoms with Crippen LogP contribution in [0.1, 0.15) is 41.7 Å². The number of anilines is 1. The largest absolute Gasteiger partial charge is 0.478 e. The van der Waals surface area contributed by atoms with E-state index in [-0.39, 0.29) is 17.7 Å². The van der Waals surface area contributed by atoms with Crippen molar-refractivity contribution in [2.45, 2.75) is 44.8 Å². The van der Waals surface area contributed by atoms with Gasteiger partial charge in [-0.05, 0) is 19.8 Å². The van der Waals surface area contributed by atoms with Gasteiger partial charge >= 0.3 is 5.97 Å². The van der Waals surface area contributed by atoms with E-state index in [0.717, 1.165) is 25.7 Å². The van der Waals surface area contributed by atoms with Gasteiger partial charge in [0, 0.05) is 6.20 Å². The van der Waals surface area contributed by atoms with Crippen LogP contribution in [0.4, 0.5) is 5.95 Å². The number of rotatable bonds is 3. The van der Waals surface area contributed by atoms with Crippen molar-refractivity contribution >= 4 is 11.9 Å². The summed E-state index contributed by atoms with van der Waals surface area (Å²) in [6.07, 6.45) is 4.68. The van der Waals surface area contributed by atoms with Gasteiger partial charge in [-0.25, -0.2) is 14.8 Å². The Kier molecular flexibility index (Phi) is 3.76. The average Bonchev–Trinajstić information content (AvgIpc) is 2.32. The number of aliphatic hydroxyl groups is 1. The molecule has 0 radical (unpaired) electrons. The van der Waals surface area contributed by atoms with Crippen molar-refractivity contribution in [3.63, 3.8) is 0 Å². The lowest BCUT2D eigenvalue weighted by Gasteiger charge is -2.28. The first-order chi connectivity index (χ1) is 8.58. The maximum absolute atomic E-state index is 10.8. The van der Waals surface area contributed by atoms with E-state index in [1.807, 2.05) is 0 Å². The Bertz CT molecular complexity index is 450. The fourth-order valence-corrected chi connectivity index (χ4v) is 2.19. The van der Waals surface area contributed by atoms with Crippen molar-refractivity contribution in [2.75, 3.05) is 5.32 Å². The van der Waals surface area contributed by atoms with Gasteiger partial charge in [-0.15, -0.1) is 0 Å². The van der Waals surface area contributed by atoms with Gasteiger partial charge in [0.2, 0.25) is 5.95 Å². The maximum Gasteiger partial charge on any atom is 0.339 e. The van der Waals surface area contributed by atoms with Crippen LogP contribution >= 0.6 is 0 Å². The summed E-state index contributed by atoms with van der Waals surface area (Å²) in [5, 5.41) is 21.8. The average molecular weight is 251 g/mol. The van der Waals surface area contributed by atoms with Crippen molar-refractivity contribution in [1.29, 1.82) is 0 Å². The monoisotopic (exact) mass is 251 g/mol. The molecule has 1 heterocycles. The second-order valence-corrected chi connectivity index (χ2v) is 4.60. The Balaban J connectivity index is 2.10. The highest BCUT2D eigenvalue weighted by molar-refractivity contribution is 5.88. The Morgan fingerprint density at radius 3 is 2.78 bits per heavy atom. The van der Waals surface area contributed by atoms with Crippen LogP contribution in [0.2, 0.25) is 0 Å². The number of aromatic carboxylic acids is 1. The molecule has 1 aromatic rings. The van der Waals surface area contributed by atoms with Gasteiger partial charge < -0.3 is 15.5 Å². The quantitative estimate of drug-likeness (QED) is 0.747. The third-order valence-corrected chi connectivity index (χ3v) is 3.25. The van der Waals surface area contributed by atoms with Crippen molar-refractivity contribution in [3.05, 3.63) is 17.5 Å². The van der Waals surface area contributed by atoms with Crippen LogP contribution in [-0.4, -0.2) is 38.3 Å². The number of nitrogens with one attached hydrogen (secondary N) is 1. The summed E-state index contributed by atoms with van der Waals surface area (Å²) < 4.78 is 0. The normalized spacial score (nSPS) is 23.7. The van der Waals surface area contributed by atoms with E-state index in [9.17, 15) is 9.90 Å². The first-order valence-corrected chi connectivity index (χ1v) is 6.09. The lowest BCUT2D eigenvalue weighted by molar-refractivity contribution is 0.0695. The molecule has 18 heavy (non-hydrogen) atoms. The number of nitrogens with zero attached hydrogens (tertiary/aromatic N) is 2. The Morgan fingerprint density at radius 2 is 2.17 bits per heavy atom. The topological polar surface area (TPSA) is 95.3 Å². The number of hydrogen-bond acceptors (Lipinski definition) is 5. The SMILES string of the molecule is Cc1nc(N[C@@H]2CCCC[C@H]2O)ncc1C(=O)O. The minimum Gasteiger partial charge on any atom is -0.478 e. The van der Waals surface area contributed by atoms with Crippen molar-refractivity contribution in [3.8, 4) is 0 Å². The lowest BCUT2D eigenvalue weighted by atomic mass is 9.93. The molecule has 0 spiro atoms. The van der Waals surface area contributed by atoms with E-state index < -0.39 is 5.97 Å². The van der Waals surface area contributed by atoms with Gasteiger partial charge in [0.25, 0.3) is 0 Å². The third kappa shape index (κ3) is 2.76. The maximum atomic E-state index is 10.8. The molecule has 1 aromatic heterocycles. The molecule has 1 aliphatic carbocycles.